The lowest BCUT2D eigenvalue weighted by Gasteiger charge is -2.22. The number of hydrogen-bond donors (Lipinski definition) is 2. The number of nitrogens with zero attached hydrogens (tertiary/aromatic N) is 1. The molecule has 2 atom stereocenters. The van der Waals surface area contributed by atoms with Crippen LogP contribution in [0.2, 0.25) is 0 Å². The number of rotatable bonds is 10. The van der Waals surface area contributed by atoms with Gasteiger partial charge in [0.25, 0.3) is 5.89 Å². The van der Waals surface area contributed by atoms with Crippen molar-refractivity contribution in [1.82, 2.24) is 15.6 Å². The Labute approximate surface area is 207 Å². The predicted molar refractivity (Wildman–Crippen MR) is 133 cm³/mol. The van der Waals surface area contributed by atoms with Gasteiger partial charge in [-0.1, -0.05) is 60.7 Å². The van der Waals surface area contributed by atoms with Crippen LogP contribution in [0.15, 0.2) is 83.3 Å². The molecule has 0 aliphatic heterocycles. The van der Waals surface area contributed by atoms with Crippen molar-refractivity contribution in [3.63, 3.8) is 0 Å². The third-order valence-electron chi connectivity index (χ3n) is 5.78. The predicted octanol–water partition coefficient (Wildman–Crippen LogP) is 4.01. The van der Waals surface area contributed by atoms with Crippen molar-refractivity contribution < 1.29 is 23.2 Å². The Bertz CT molecular complexity index is 1340. The fraction of sp³-hybridized carbons (Fsp3) is 0.214. The molecule has 0 aliphatic carbocycles. The second-order valence-electron chi connectivity index (χ2n) is 8.49. The Hall–Kier alpha value is -4.33. The Balaban J connectivity index is 1.57. The Kier molecular flexibility index (Phi) is 7.85. The number of hydrogen-bond acceptors (Lipinski definition) is 5. The molecule has 0 spiro atoms. The topological polar surface area (TPSA) is 101 Å². The van der Waals surface area contributed by atoms with E-state index in [1.807, 2.05) is 30.3 Å². The fourth-order valence-corrected chi connectivity index (χ4v) is 3.96. The summed E-state index contributed by atoms with van der Waals surface area (Å²) in [6, 6.07) is 20.5. The highest BCUT2D eigenvalue weighted by molar-refractivity contribution is 6.00. The summed E-state index contributed by atoms with van der Waals surface area (Å²) in [5.41, 5.74) is 2.26. The van der Waals surface area contributed by atoms with Gasteiger partial charge in [-0.15, -0.1) is 0 Å². The Morgan fingerprint density at radius 1 is 0.889 bits per heavy atom. The first-order valence-electron chi connectivity index (χ1n) is 11.7. The van der Waals surface area contributed by atoms with Crippen LogP contribution >= 0.6 is 0 Å². The molecule has 0 radical (unpaired) electrons. The lowest BCUT2D eigenvalue weighted by Crippen LogP contribution is -2.52. The molecule has 184 valence electrons. The number of carbonyl (C=O) groups is 3. The number of aryl methyl sites for hydroxylation is 1. The molecule has 0 aliphatic rings. The van der Waals surface area contributed by atoms with Gasteiger partial charge in [0.15, 0.2) is 5.58 Å². The van der Waals surface area contributed by atoms with Crippen LogP contribution < -0.4 is 10.6 Å². The van der Waals surface area contributed by atoms with Gasteiger partial charge in [-0.25, -0.2) is 9.37 Å². The number of halogens is 1. The van der Waals surface area contributed by atoms with Crippen LogP contribution in [-0.4, -0.2) is 34.7 Å². The monoisotopic (exact) mass is 487 g/mol. The summed E-state index contributed by atoms with van der Waals surface area (Å²) in [5, 5.41) is 5.32. The molecule has 1 unspecified atom stereocenters. The summed E-state index contributed by atoms with van der Waals surface area (Å²) in [7, 11) is 0. The molecule has 1 heterocycles. The number of oxazole rings is 1. The number of carbonyl (C=O) groups excluding carboxylic acids is 3. The van der Waals surface area contributed by atoms with Crippen molar-refractivity contribution in [2.75, 3.05) is 0 Å². The van der Waals surface area contributed by atoms with E-state index in [-0.39, 0.29) is 24.3 Å². The zero-order valence-electron chi connectivity index (χ0n) is 19.7. The number of aromatic nitrogens is 1. The molecular formula is C28H26FN3O4. The smallest absolute Gasteiger partial charge is 0.266 e. The van der Waals surface area contributed by atoms with E-state index < -0.39 is 35.5 Å². The molecule has 0 fully saturated rings. The van der Waals surface area contributed by atoms with Crippen LogP contribution in [0, 0.1) is 5.82 Å². The van der Waals surface area contributed by atoms with Crippen LogP contribution in [0.4, 0.5) is 4.39 Å². The Morgan fingerprint density at radius 3 is 2.31 bits per heavy atom. The molecular weight excluding hydrogens is 461 g/mol. The standard InChI is InChI=1S/C28H26FN3O4/c1-18(33)30-24(17-20-11-5-6-12-21(20)29)27(35)31-23(16-15-19-9-3-2-4-10-19)26(34)28-32-22-13-7-8-14-25(22)36-28/h2-14,23-24H,15-17H2,1H3,(H,30,33)(H,31,35)/t23-,24?/m0/s1. The maximum Gasteiger partial charge on any atom is 0.266 e. The normalized spacial score (nSPS) is 12.6. The maximum atomic E-state index is 14.3. The summed E-state index contributed by atoms with van der Waals surface area (Å²) in [6.45, 7) is 1.28. The van der Waals surface area contributed by atoms with E-state index in [0.29, 0.717) is 17.5 Å². The highest BCUT2D eigenvalue weighted by Gasteiger charge is 2.30. The van der Waals surface area contributed by atoms with Gasteiger partial charge in [0.05, 0.1) is 6.04 Å². The molecule has 0 saturated heterocycles. The highest BCUT2D eigenvalue weighted by Crippen LogP contribution is 2.18. The summed E-state index contributed by atoms with van der Waals surface area (Å²) >= 11 is 0. The summed E-state index contributed by atoms with van der Waals surface area (Å²) < 4.78 is 19.9. The first-order chi connectivity index (χ1) is 17.4. The molecule has 2 amide bonds. The van der Waals surface area contributed by atoms with Crippen molar-refractivity contribution >= 4 is 28.7 Å². The van der Waals surface area contributed by atoms with Gasteiger partial charge in [0.1, 0.15) is 17.4 Å². The maximum absolute atomic E-state index is 14.3. The van der Waals surface area contributed by atoms with Gasteiger partial charge in [-0.2, -0.15) is 0 Å². The number of Topliss-reactive ketones (excluding diaryl/α,β-unsaturated/α-hetero) is 1. The second kappa shape index (κ2) is 11.4. The minimum atomic E-state index is -1.07. The SMILES string of the molecule is CC(=O)NC(Cc1ccccc1F)C(=O)N[C@@H](CCc1ccccc1)C(=O)c1nc2ccccc2o1. The zero-order chi connectivity index (χ0) is 25.5. The molecule has 0 saturated carbocycles. The summed E-state index contributed by atoms with van der Waals surface area (Å²) in [6.07, 6.45) is 0.718. The van der Waals surface area contributed by atoms with Crippen LogP contribution in [0.1, 0.15) is 35.2 Å². The first-order valence-corrected chi connectivity index (χ1v) is 11.7. The van der Waals surface area contributed by atoms with E-state index in [9.17, 15) is 18.8 Å². The average molecular weight is 488 g/mol. The molecule has 3 aromatic carbocycles. The van der Waals surface area contributed by atoms with Gasteiger partial charge < -0.3 is 15.1 Å². The van der Waals surface area contributed by atoms with E-state index in [0.717, 1.165) is 5.56 Å². The largest absolute Gasteiger partial charge is 0.434 e. The first kappa shape index (κ1) is 24.8. The van der Waals surface area contributed by atoms with Gasteiger partial charge in [0.2, 0.25) is 17.6 Å². The molecule has 4 aromatic rings. The van der Waals surface area contributed by atoms with Crippen molar-refractivity contribution in [2.45, 2.75) is 38.3 Å². The lowest BCUT2D eigenvalue weighted by atomic mass is 10.00. The van der Waals surface area contributed by atoms with Crippen LogP contribution in [0.25, 0.3) is 11.1 Å². The van der Waals surface area contributed by atoms with E-state index >= 15 is 0 Å². The molecule has 36 heavy (non-hydrogen) atoms. The zero-order valence-corrected chi connectivity index (χ0v) is 19.7. The number of benzene rings is 3. The van der Waals surface area contributed by atoms with Gasteiger partial charge in [-0.3, -0.25) is 14.4 Å². The Morgan fingerprint density at radius 2 is 1.58 bits per heavy atom. The van der Waals surface area contributed by atoms with E-state index in [4.69, 9.17) is 4.42 Å². The van der Waals surface area contributed by atoms with Crippen molar-refractivity contribution in [3.05, 3.63) is 102 Å². The number of ketones is 1. The molecule has 0 bridgehead atoms. The van der Waals surface area contributed by atoms with Crippen LogP contribution in [-0.2, 0) is 22.4 Å². The fourth-order valence-electron chi connectivity index (χ4n) is 3.96. The summed E-state index contributed by atoms with van der Waals surface area (Å²) in [4.78, 5) is 42.8. The van der Waals surface area contributed by atoms with E-state index in [1.54, 1.807) is 42.5 Å². The lowest BCUT2D eigenvalue weighted by molar-refractivity contribution is -0.128. The minimum Gasteiger partial charge on any atom is -0.434 e. The average Bonchev–Trinajstić information content (AvgIpc) is 3.31. The molecule has 7 nitrogen and oxygen atoms in total. The number of fused-ring (bicyclic) bond motifs is 1. The van der Waals surface area contributed by atoms with E-state index in [1.165, 1.54) is 13.0 Å². The molecule has 1 aromatic heterocycles. The van der Waals surface area contributed by atoms with E-state index in [2.05, 4.69) is 15.6 Å². The minimum absolute atomic E-state index is 0.0689. The van der Waals surface area contributed by atoms with Gasteiger partial charge >= 0.3 is 0 Å². The third kappa shape index (κ3) is 6.21. The second-order valence-corrected chi connectivity index (χ2v) is 8.49. The van der Waals surface area contributed by atoms with Crippen LogP contribution in [0.5, 0.6) is 0 Å². The van der Waals surface area contributed by atoms with Crippen molar-refractivity contribution in [3.8, 4) is 0 Å². The van der Waals surface area contributed by atoms with Crippen molar-refractivity contribution in [1.29, 1.82) is 0 Å². The quantitative estimate of drug-likeness (QED) is 0.329. The number of amides is 2. The van der Waals surface area contributed by atoms with Gasteiger partial charge in [-0.05, 0) is 42.2 Å². The molecule has 8 heteroatoms. The molecule has 2 N–H and O–H groups in total. The van der Waals surface area contributed by atoms with Gasteiger partial charge in [0, 0.05) is 13.3 Å². The van der Waals surface area contributed by atoms with Crippen molar-refractivity contribution in [2.24, 2.45) is 0 Å². The number of nitrogens with one attached hydrogen (secondary N) is 2. The molecule has 4 rings (SSSR count). The highest BCUT2D eigenvalue weighted by atomic mass is 19.1. The summed E-state index contributed by atoms with van der Waals surface area (Å²) in [5.74, 6) is -2.12. The number of para-hydroxylation sites is 2. The third-order valence-corrected chi connectivity index (χ3v) is 5.78. The van der Waals surface area contributed by atoms with Crippen LogP contribution in [0.3, 0.4) is 0 Å².